The van der Waals surface area contributed by atoms with Crippen molar-refractivity contribution < 1.29 is 36.2 Å². The first-order valence-corrected chi connectivity index (χ1v) is 16.4. The van der Waals surface area contributed by atoms with Crippen molar-refractivity contribution in [2.24, 2.45) is 5.92 Å². The van der Waals surface area contributed by atoms with Gasteiger partial charge in [0.1, 0.15) is 6.10 Å². The molecule has 0 N–H and O–H groups in total. The Hall–Kier alpha value is -2.96. The van der Waals surface area contributed by atoms with Crippen LogP contribution in [-0.4, -0.2) is 32.6 Å². The zero-order valence-electron chi connectivity index (χ0n) is 22.0. The standard InChI is InChI=1S/C29H22Cl3F2NO6S2/c30-18-4-6-19(7-5-18)43(37,38)27-15-42-14-21(27)28(36)40-25(10-20-22(31)11-35-12-23(20)32)17-3-8-24(41-29(33)34)26(9-17)39-13-16-1-2-16/h3-9,11-12,14-16,25,29H,1-2,10,13H2/t25-/m0/s1. The van der Waals surface area contributed by atoms with Gasteiger partial charge in [0.15, 0.2) is 11.5 Å². The molecule has 1 aliphatic rings. The van der Waals surface area contributed by atoms with Gasteiger partial charge in [-0.3, -0.25) is 4.98 Å². The number of rotatable bonds is 12. The number of ether oxygens (including phenoxy) is 3. The minimum absolute atomic E-state index is 0.0409. The number of hydrogen-bond donors (Lipinski definition) is 0. The molecule has 0 aliphatic heterocycles. The average molecular weight is 689 g/mol. The van der Waals surface area contributed by atoms with Gasteiger partial charge in [0.25, 0.3) is 0 Å². The molecule has 14 heteroatoms. The van der Waals surface area contributed by atoms with E-state index in [1.807, 2.05) is 0 Å². The molecule has 0 radical (unpaired) electrons. The van der Waals surface area contributed by atoms with E-state index in [4.69, 9.17) is 44.3 Å². The molecule has 7 nitrogen and oxygen atoms in total. The van der Waals surface area contributed by atoms with E-state index >= 15 is 0 Å². The summed E-state index contributed by atoms with van der Waals surface area (Å²) < 4.78 is 69.4. The summed E-state index contributed by atoms with van der Waals surface area (Å²) in [6.45, 7) is -2.78. The Morgan fingerprint density at radius 1 is 1.00 bits per heavy atom. The summed E-state index contributed by atoms with van der Waals surface area (Å²) in [6, 6.07) is 9.73. The highest BCUT2D eigenvalue weighted by atomic mass is 35.5. The second-order valence-electron chi connectivity index (χ2n) is 9.63. The number of nitrogens with zero attached hydrogens (tertiary/aromatic N) is 1. The number of hydrogen-bond acceptors (Lipinski definition) is 8. The molecule has 1 atom stereocenters. The highest BCUT2D eigenvalue weighted by molar-refractivity contribution is 7.91. The van der Waals surface area contributed by atoms with Crippen molar-refractivity contribution in [3.05, 3.63) is 97.4 Å². The largest absolute Gasteiger partial charge is 0.489 e. The molecular formula is C29H22Cl3F2NO6S2. The molecule has 0 unspecified atom stereocenters. The first-order chi connectivity index (χ1) is 20.5. The fraction of sp³-hybridized carbons (Fsp3) is 0.241. The Morgan fingerprint density at radius 3 is 2.35 bits per heavy atom. The van der Waals surface area contributed by atoms with Gasteiger partial charge in [-0.15, -0.1) is 0 Å². The van der Waals surface area contributed by atoms with E-state index in [1.165, 1.54) is 65.6 Å². The molecule has 1 aliphatic carbocycles. The van der Waals surface area contributed by atoms with Crippen LogP contribution in [0.5, 0.6) is 11.5 Å². The lowest BCUT2D eigenvalue weighted by atomic mass is 10.0. The zero-order chi connectivity index (χ0) is 30.7. The minimum atomic E-state index is -4.10. The Bertz CT molecular complexity index is 1710. The first kappa shape index (κ1) is 31.5. The molecule has 226 valence electrons. The smallest absolute Gasteiger partial charge is 0.387 e. The van der Waals surface area contributed by atoms with Crippen molar-refractivity contribution in [2.45, 2.75) is 41.8 Å². The molecule has 0 spiro atoms. The topological polar surface area (TPSA) is 91.8 Å². The van der Waals surface area contributed by atoms with Crippen LogP contribution in [0.3, 0.4) is 0 Å². The Kier molecular flexibility index (Phi) is 9.77. The molecule has 1 fully saturated rings. The highest BCUT2D eigenvalue weighted by Crippen LogP contribution is 2.39. The zero-order valence-corrected chi connectivity index (χ0v) is 25.9. The van der Waals surface area contributed by atoms with Crippen LogP contribution in [0.25, 0.3) is 0 Å². The van der Waals surface area contributed by atoms with E-state index in [1.54, 1.807) is 0 Å². The number of carbonyl (C=O) groups excluding carboxylic acids is 1. The van der Waals surface area contributed by atoms with Crippen molar-refractivity contribution in [3.8, 4) is 11.5 Å². The van der Waals surface area contributed by atoms with Crippen LogP contribution < -0.4 is 9.47 Å². The molecule has 2 heterocycles. The summed E-state index contributed by atoms with van der Waals surface area (Å²) in [5.74, 6) is -0.767. The van der Waals surface area contributed by atoms with Crippen molar-refractivity contribution in [1.82, 2.24) is 4.98 Å². The maximum Gasteiger partial charge on any atom is 0.387 e. The van der Waals surface area contributed by atoms with Crippen LogP contribution in [-0.2, 0) is 21.0 Å². The van der Waals surface area contributed by atoms with E-state index < -0.39 is 28.5 Å². The summed E-state index contributed by atoms with van der Waals surface area (Å²) in [5, 5.41) is 3.48. The molecule has 5 rings (SSSR count). The molecule has 2 aromatic heterocycles. The van der Waals surface area contributed by atoms with Gasteiger partial charge in [0.2, 0.25) is 9.84 Å². The number of halogens is 5. The van der Waals surface area contributed by atoms with Gasteiger partial charge < -0.3 is 14.2 Å². The molecular weight excluding hydrogens is 667 g/mol. The van der Waals surface area contributed by atoms with Gasteiger partial charge in [-0.1, -0.05) is 40.9 Å². The lowest BCUT2D eigenvalue weighted by Gasteiger charge is -2.21. The third kappa shape index (κ3) is 7.58. The summed E-state index contributed by atoms with van der Waals surface area (Å²) in [7, 11) is -4.10. The molecule has 0 bridgehead atoms. The Morgan fingerprint density at radius 2 is 1.70 bits per heavy atom. The molecule has 4 aromatic rings. The molecule has 43 heavy (non-hydrogen) atoms. The van der Waals surface area contributed by atoms with Crippen LogP contribution in [0.4, 0.5) is 8.78 Å². The number of aromatic nitrogens is 1. The number of pyridine rings is 1. The number of benzene rings is 2. The number of alkyl halides is 2. The Labute approximate surface area is 265 Å². The summed E-state index contributed by atoms with van der Waals surface area (Å²) in [5.41, 5.74) is 0.575. The van der Waals surface area contributed by atoms with E-state index in [-0.39, 0.29) is 43.3 Å². The fourth-order valence-corrected chi connectivity index (χ4v) is 7.40. The second-order valence-corrected chi connectivity index (χ2v) is 13.5. The van der Waals surface area contributed by atoms with Crippen molar-refractivity contribution >= 4 is 61.9 Å². The van der Waals surface area contributed by atoms with Crippen LogP contribution in [0.2, 0.25) is 15.1 Å². The monoisotopic (exact) mass is 687 g/mol. The average Bonchev–Trinajstić information content (AvgIpc) is 3.65. The Balaban J connectivity index is 1.50. The first-order valence-electron chi connectivity index (χ1n) is 12.8. The molecule has 0 saturated heterocycles. The number of sulfone groups is 1. The van der Waals surface area contributed by atoms with Gasteiger partial charge in [0, 0.05) is 34.6 Å². The predicted molar refractivity (Wildman–Crippen MR) is 159 cm³/mol. The van der Waals surface area contributed by atoms with Gasteiger partial charge in [-0.2, -0.15) is 20.1 Å². The van der Waals surface area contributed by atoms with Crippen LogP contribution in [0.1, 0.15) is 40.4 Å². The maximum absolute atomic E-state index is 13.6. The molecule has 1 saturated carbocycles. The van der Waals surface area contributed by atoms with E-state index in [9.17, 15) is 22.0 Å². The number of carbonyl (C=O) groups is 1. The van der Waals surface area contributed by atoms with E-state index in [2.05, 4.69) is 9.72 Å². The van der Waals surface area contributed by atoms with Crippen molar-refractivity contribution in [1.29, 1.82) is 0 Å². The number of thiophene rings is 1. The lowest BCUT2D eigenvalue weighted by molar-refractivity contribution is -0.0515. The van der Waals surface area contributed by atoms with Gasteiger partial charge in [-0.05, 0) is 66.3 Å². The SMILES string of the molecule is O=C(O[C@@H](Cc1c(Cl)cncc1Cl)c1ccc(OC(F)F)c(OCC2CC2)c1)c1cscc1S(=O)(=O)c1ccc(Cl)cc1. The third-order valence-electron chi connectivity index (χ3n) is 6.58. The van der Waals surface area contributed by atoms with Crippen molar-refractivity contribution in [3.63, 3.8) is 0 Å². The van der Waals surface area contributed by atoms with Gasteiger partial charge in [-0.25, -0.2) is 13.2 Å². The van der Waals surface area contributed by atoms with Gasteiger partial charge in [0.05, 0.1) is 32.0 Å². The fourth-order valence-electron chi connectivity index (χ4n) is 4.14. The summed E-state index contributed by atoms with van der Waals surface area (Å²) in [6.07, 6.45) is 3.53. The minimum Gasteiger partial charge on any atom is -0.489 e. The normalized spacial score (nSPS) is 14.0. The second kappa shape index (κ2) is 13.4. The van der Waals surface area contributed by atoms with Crippen LogP contribution in [0, 0.1) is 5.92 Å². The van der Waals surface area contributed by atoms with Crippen LogP contribution >= 0.6 is 46.1 Å². The van der Waals surface area contributed by atoms with Gasteiger partial charge >= 0.3 is 12.6 Å². The maximum atomic E-state index is 13.6. The molecule has 2 aromatic carbocycles. The summed E-state index contributed by atoms with van der Waals surface area (Å²) in [4.78, 5) is 17.2. The number of esters is 1. The summed E-state index contributed by atoms with van der Waals surface area (Å²) >= 11 is 19.7. The third-order valence-corrected chi connectivity index (χ3v) is 10.2. The van der Waals surface area contributed by atoms with Crippen molar-refractivity contribution in [2.75, 3.05) is 6.61 Å². The quantitative estimate of drug-likeness (QED) is 0.138. The molecule has 0 amide bonds. The van der Waals surface area contributed by atoms with E-state index in [0.717, 1.165) is 24.2 Å². The van der Waals surface area contributed by atoms with E-state index in [0.29, 0.717) is 28.7 Å². The highest BCUT2D eigenvalue weighted by Gasteiger charge is 2.30. The lowest BCUT2D eigenvalue weighted by Crippen LogP contribution is -2.17. The predicted octanol–water partition coefficient (Wildman–Crippen LogP) is 8.47. The van der Waals surface area contributed by atoms with Crippen LogP contribution in [0.15, 0.2) is 75.4 Å².